The van der Waals surface area contributed by atoms with Gasteiger partial charge in [-0.1, -0.05) is 23.5 Å². The molecule has 2 N–H and O–H groups in total. The van der Waals surface area contributed by atoms with Crippen molar-refractivity contribution in [2.45, 2.75) is 59.0 Å². The van der Waals surface area contributed by atoms with Gasteiger partial charge >= 0.3 is 6.03 Å². The number of carbonyl (C=O) groups excluding carboxylic acids is 1. The molecule has 2 aromatic rings. The highest BCUT2D eigenvalue weighted by molar-refractivity contribution is 7.19. The van der Waals surface area contributed by atoms with Gasteiger partial charge in [0.15, 0.2) is 0 Å². The first-order valence-electron chi connectivity index (χ1n) is 8.71. The van der Waals surface area contributed by atoms with Crippen LogP contribution in [0.5, 0.6) is 0 Å². The fourth-order valence-corrected chi connectivity index (χ4v) is 4.25. The molecule has 134 valence electrons. The molecule has 0 unspecified atom stereocenters. The van der Waals surface area contributed by atoms with Crippen molar-refractivity contribution < 1.29 is 4.79 Å². The number of benzene rings is 1. The maximum absolute atomic E-state index is 12.3. The lowest BCUT2D eigenvalue weighted by molar-refractivity contribution is 0.262. The smallest absolute Gasteiger partial charge is 0.325 e. The molecule has 0 saturated carbocycles. The van der Waals surface area contributed by atoms with E-state index in [2.05, 4.69) is 39.6 Å². The minimum atomic E-state index is -0.295. The van der Waals surface area contributed by atoms with Crippen LogP contribution in [0.4, 0.5) is 20.7 Å². The molecule has 0 bridgehead atoms. The SMILES string of the molecule is Cc1cccc(NC(=O)Nc2nnc(N3[C@H](C)CCC[C@@H]3C)s2)c1C. The van der Waals surface area contributed by atoms with Crippen molar-refractivity contribution in [3.63, 3.8) is 0 Å². The van der Waals surface area contributed by atoms with Crippen molar-refractivity contribution in [1.82, 2.24) is 10.2 Å². The predicted molar refractivity (Wildman–Crippen MR) is 104 cm³/mol. The number of hydrogen-bond acceptors (Lipinski definition) is 5. The van der Waals surface area contributed by atoms with E-state index >= 15 is 0 Å². The predicted octanol–water partition coefficient (Wildman–Crippen LogP) is 4.57. The Morgan fingerprint density at radius 1 is 1.16 bits per heavy atom. The number of anilines is 3. The van der Waals surface area contributed by atoms with Crippen molar-refractivity contribution in [3.05, 3.63) is 29.3 Å². The van der Waals surface area contributed by atoms with E-state index in [0.29, 0.717) is 17.2 Å². The maximum atomic E-state index is 12.3. The van der Waals surface area contributed by atoms with Gasteiger partial charge in [0.05, 0.1) is 0 Å². The Morgan fingerprint density at radius 3 is 2.60 bits per heavy atom. The number of carbonyl (C=O) groups is 1. The molecule has 1 aliphatic heterocycles. The average Bonchev–Trinajstić information content (AvgIpc) is 2.99. The van der Waals surface area contributed by atoms with E-state index in [1.807, 2.05) is 32.0 Å². The van der Waals surface area contributed by atoms with Gasteiger partial charge in [0.2, 0.25) is 10.3 Å². The van der Waals surface area contributed by atoms with Gasteiger partial charge < -0.3 is 10.2 Å². The Labute approximate surface area is 152 Å². The van der Waals surface area contributed by atoms with Crippen LogP contribution < -0.4 is 15.5 Å². The molecule has 0 spiro atoms. The molecule has 1 aliphatic rings. The van der Waals surface area contributed by atoms with Gasteiger partial charge in [-0.3, -0.25) is 5.32 Å². The number of aryl methyl sites for hydroxylation is 1. The largest absolute Gasteiger partial charge is 0.341 e. The van der Waals surface area contributed by atoms with Crippen LogP contribution in [0.3, 0.4) is 0 Å². The Hall–Kier alpha value is -2.15. The quantitative estimate of drug-likeness (QED) is 0.842. The summed E-state index contributed by atoms with van der Waals surface area (Å²) in [5.74, 6) is 0. The molecule has 25 heavy (non-hydrogen) atoms. The molecule has 0 radical (unpaired) electrons. The monoisotopic (exact) mass is 359 g/mol. The van der Waals surface area contributed by atoms with Crippen molar-refractivity contribution in [2.24, 2.45) is 0 Å². The van der Waals surface area contributed by atoms with E-state index in [-0.39, 0.29) is 6.03 Å². The van der Waals surface area contributed by atoms with Crippen LogP contribution in [-0.4, -0.2) is 28.3 Å². The lowest BCUT2D eigenvalue weighted by atomic mass is 9.98. The zero-order valence-electron chi connectivity index (χ0n) is 15.2. The summed E-state index contributed by atoms with van der Waals surface area (Å²) in [5, 5.41) is 15.5. The van der Waals surface area contributed by atoms with Crippen LogP contribution in [-0.2, 0) is 0 Å². The highest BCUT2D eigenvalue weighted by atomic mass is 32.1. The summed E-state index contributed by atoms with van der Waals surface area (Å²) in [5.41, 5.74) is 3.01. The Bertz CT molecular complexity index is 750. The van der Waals surface area contributed by atoms with Crippen LogP contribution in [0.2, 0.25) is 0 Å². The number of hydrogen-bond donors (Lipinski definition) is 2. The Balaban J connectivity index is 1.66. The summed E-state index contributed by atoms with van der Waals surface area (Å²) < 4.78 is 0. The number of rotatable bonds is 3. The molecule has 0 aliphatic carbocycles. The van der Waals surface area contributed by atoms with Crippen molar-refractivity contribution in [1.29, 1.82) is 0 Å². The molecule has 3 rings (SSSR count). The van der Waals surface area contributed by atoms with Crippen LogP contribution in [0, 0.1) is 13.8 Å². The lowest BCUT2D eigenvalue weighted by Gasteiger charge is -2.38. The van der Waals surface area contributed by atoms with Crippen LogP contribution in [0.1, 0.15) is 44.2 Å². The number of urea groups is 1. The van der Waals surface area contributed by atoms with Gasteiger partial charge in [-0.25, -0.2) is 4.79 Å². The molecule has 7 heteroatoms. The topological polar surface area (TPSA) is 70.1 Å². The third-order valence-corrected chi connectivity index (χ3v) is 5.75. The molecule has 6 nitrogen and oxygen atoms in total. The fourth-order valence-electron chi connectivity index (χ4n) is 3.31. The standard InChI is InChI=1S/C18H25N5OS/c1-11-7-5-10-15(14(11)4)19-16(24)20-17-21-22-18(25-17)23-12(2)8-6-9-13(23)3/h5,7,10,12-13H,6,8-9H2,1-4H3,(H2,19,20,21,24)/t12-,13+. The van der Waals surface area contributed by atoms with Gasteiger partial charge in [0.25, 0.3) is 0 Å². The first kappa shape index (κ1) is 17.7. The zero-order chi connectivity index (χ0) is 18.0. The minimum Gasteiger partial charge on any atom is -0.341 e. The normalized spacial score (nSPS) is 20.4. The summed E-state index contributed by atoms with van der Waals surface area (Å²) in [6, 6.07) is 6.46. The second-order valence-corrected chi connectivity index (χ2v) is 7.71. The van der Waals surface area contributed by atoms with E-state index in [4.69, 9.17) is 0 Å². The summed E-state index contributed by atoms with van der Waals surface area (Å²) in [7, 11) is 0. The summed E-state index contributed by atoms with van der Waals surface area (Å²) in [6.45, 7) is 8.46. The lowest BCUT2D eigenvalue weighted by Crippen LogP contribution is -2.43. The second kappa shape index (κ2) is 7.39. The third-order valence-electron chi connectivity index (χ3n) is 4.90. The number of nitrogens with zero attached hydrogens (tertiary/aromatic N) is 3. The molecule has 1 aromatic carbocycles. The first-order chi connectivity index (χ1) is 12.0. The number of aromatic nitrogens is 2. The number of amides is 2. The molecule has 1 saturated heterocycles. The first-order valence-corrected chi connectivity index (χ1v) is 9.53. The molecule has 2 heterocycles. The van der Waals surface area contributed by atoms with E-state index in [0.717, 1.165) is 21.9 Å². The van der Waals surface area contributed by atoms with Gasteiger partial charge in [0, 0.05) is 17.8 Å². The van der Waals surface area contributed by atoms with Crippen LogP contribution in [0.15, 0.2) is 18.2 Å². The minimum absolute atomic E-state index is 0.295. The average molecular weight is 359 g/mol. The Morgan fingerprint density at radius 2 is 1.88 bits per heavy atom. The van der Waals surface area contributed by atoms with Crippen LogP contribution >= 0.6 is 11.3 Å². The summed E-state index contributed by atoms with van der Waals surface area (Å²) >= 11 is 1.42. The van der Waals surface area contributed by atoms with E-state index < -0.39 is 0 Å². The molecule has 1 aromatic heterocycles. The molecule has 2 atom stereocenters. The second-order valence-electron chi connectivity index (χ2n) is 6.75. The maximum Gasteiger partial charge on any atom is 0.325 e. The van der Waals surface area contributed by atoms with Gasteiger partial charge in [-0.05, 0) is 64.2 Å². The van der Waals surface area contributed by atoms with Gasteiger partial charge in [-0.15, -0.1) is 10.2 Å². The van der Waals surface area contributed by atoms with Gasteiger partial charge in [0.1, 0.15) is 0 Å². The van der Waals surface area contributed by atoms with Crippen molar-refractivity contribution >= 4 is 33.3 Å². The number of nitrogens with one attached hydrogen (secondary N) is 2. The molecular weight excluding hydrogens is 334 g/mol. The van der Waals surface area contributed by atoms with E-state index in [1.54, 1.807) is 0 Å². The number of piperidine rings is 1. The molecule has 2 amide bonds. The van der Waals surface area contributed by atoms with Crippen molar-refractivity contribution in [3.8, 4) is 0 Å². The highest BCUT2D eigenvalue weighted by Gasteiger charge is 2.27. The van der Waals surface area contributed by atoms with E-state index in [1.165, 1.54) is 30.6 Å². The third kappa shape index (κ3) is 3.92. The summed E-state index contributed by atoms with van der Waals surface area (Å²) in [6.07, 6.45) is 3.58. The van der Waals surface area contributed by atoms with Gasteiger partial charge in [-0.2, -0.15) is 0 Å². The van der Waals surface area contributed by atoms with Crippen molar-refractivity contribution in [2.75, 3.05) is 15.5 Å². The van der Waals surface area contributed by atoms with E-state index in [9.17, 15) is 4.79 Å². The summed E-state index contributed by atoms with van der Waals surface area (Å²) in [4.78, 5) is 14.6. The zero-order valence-corrected chi connectivity index (χ0v) is 16.0. The Kier molecular flexibility index (Phi) is 5.22. The molecular formula is C18H25N5OS. The fraction of sp³-hybridized carbons (Fsp3) is 0.500. The highest BCUT2D eigenvalue weighted by Crippen LogP contribution is 2.32. The molecule has 1 fully saturated rings. The van der Waals surface area contributed by atoms with Crippen LogP contribution in [0.25, 0.3) is 0 Å².